The largest absolute Gasteiger partial charge is 0.351 e. The van der Waals surface area contributed by atoms with E-state index < -0.39 is 0 Å². The maximum absolute atomic E-state index is 13.1. The molecule has 1 aromatic heterocycles. The highest BCUT2D eigenvalue weighted by molar-refractivity contribution is 5.99. The second kappa shape index (κ2) is 7.26. The molecule has 2 aromatic rings. The number of nitrogens with zero attached hydrogens (tertiary/aromatic N) is 3. The van der Waals surface area contributed by atoms with Crippen LogP contribution in [0, 0.1) is 0 Å². The molecule has 0 saturated carbocycles. The molecular formula is C21H25N3O. The summed E-state index contributed by atoms with van der Waals surface area (Å²) < 4.78 is 0. The average molecular weight is 335 g/mol. The van der Waals surface area contributed by atoms with Crippen molar-refractivity contribution in [3.8, 4) is 0 Å². The minimum atomic E-state index is 0.142. The summed E-state index contributed by atoms with van der Waals surface area (Å²) in [6, 6.07) is 12.4. The third-order valence-corrected chi connectivity index (χ3v) is 5.34. The number of hydrogen-bond donors (Lipinski definition) is 0. The van der Waals surface area contributed by atoms with Gasteiger partial charge in [-0.15, -0.1) is 0 Å². The number of rotatable bonds is 2. The van der Waals surface area contributed by atoms with Gasteiger partial charge in [-0.2, -0.15) is 0 Å². The van der Waals surface area contributed by atoms with Crippen molar-refractivity contribution in [3.63, 3.8) is 0 Å². The van der Waals surface area contributed by atoms with E-state index in [9.17, 15) is 4.79 Å². The van der Waals surface area contributed by atoms with Crippen molar-refractivity contribution in [2.24, 2.45) is 0 Å². The van der Waals surface area contributed by atoms with Gasteiger partial charge in [0, 0.05) is 32.4 Å². The van der Waals surface area contributed by atoms with Gasteiger partial charge in [-0.25, -0.2) is 4.98 Å². The number of pyridine rings is 1. The lowest BCUT2D eigenvalue weighted by Crippen LogP contribution is -2.36. The summed E-state index contributed by atoms with van der Waals surface area (Å²) >= 11 is 0. The van der Waals surface area contributed by atoms with Crippen LogP contribution in [-0.2, 0) is 13.0 Å². The standard InChI is InChI=1S/C21H25N3O/c25-21(23-13-5-1-2-6-14-23)19-10-7-12-22-20(19)24-15-11-17-8-3-4-9-18(17)16-24/h3-4,7-10,12H,1-2,5-6,11,13-16H2. The van der Waals surface area contributed by atoms with Crippen LogP contribution in [0.5, 0.6) is 0 Å². The van der Waals surface area contributed by atoms with Crippen LogP contribution < -0.4 is 4.90 Å². The van der Waals surface area contributed by atoms with Crippen LogP contribution in [0.4, 0.5) is 5.82 Å². The summed E-state index contributed by atoms with van der Waals surface area (Å²) in [7, 11) is 0. The summed E-state index contributed by atoms with van der Waals surface area (Å²) in [5, 5.41) is 0. The van der Waals surface area contributed by atoms with E-state index in [2.05, 4.69) is 34.1 Å². The lowest BCUT2D eigenvalue weighted by atomic mass is 9.99. The molecule has 4 nitrogen and oxygen atoms in total. The van der Waals surface area contributed by atoms with Gasteiger partial charge in [-0.05, 0) is 42.5 Å². The second-order valence-electron chi connectivity index (χ2n) is 7.02. The van der Waals surface area contributed by atoms with E-state index >= 15 is 0 Å². The van der Waals surface area contributed by atoms with Crippen molar-refractivity contribution >= 4 is 11.7 Å². The van der Waals surface area contributed by atoms with E-state index in [0.717, 1.165) is 56.8 Å². The summed E-state index contributed by atoms with van der Waals surface area (Å²) in [5.74, 6) is 0.982. The van der Waals surface area contributed by atoms with Gasteiger partial charge in [-0.3, -0.25) is 4.79 Å². The highest BCUT2D eigenvalue weighted by atomic mass is 16.2. The molecule has 0 aliphatic carbocycles. The number of fused-ring (bicyclic) bond motifs is 1. The third kappa shape index (κ3) is 3.39. The Morgan fingerprint density at radius 3 is 2.44 bits per heavy atom. The zero-order chi connectivity index (χ0) is 17.1. The second-order valence-corrected chi connectivity index (χ2v) is 7.02. The molecule has 0 spiro atoms. The SMILES string of the molecule is O=C(c1cccnc1N1CCc2ccccc2C1)N1CCCCCC1. The summed E-state index contributed by atoms with van der Waals surface area (Å²) in [5.41, 5.74) is 3.51. The van der Waals surface area contributed by atoms with Crippen molar-refractivity contribution in [2.75, 3.05) is 24.5 Å². The van der Waals surface area contributed by atoms with Gasteiger partial charge in [0.25, 0.3) is 5.91 Å². The highest BCUT2D eigenvalue weighted by Crippen LogP contribution is 2.27. The molecule has 25 heavy (non-hydrogen) atoms. The van der Waals surface area contributed by atoms with Crippen LogP contribution >= 0.6 is 0 Å². The Morgan fingerprint density at radius 2 is 1.64 bits per heavy atom. The van der Waals surface area contributed by atoms with E-state index in [-0.39, 0.29) is 5.91 Å². The Kier molecular flexibility index (Phi) is 4.68. The highest BCUT2D eigenvalue weighted by Gasteiger charge is 2.25. The van der Waals surface area contributed by atoms with Gasteiger partial charge in [0.1, 0.15) is 5.82 Å². The van der Waals surface area contributed by atoms with Gasteiger partial charge in [0.15, 0.2) is 0 Å². The summed E-state index contributed by atoms with van der Waals surface area (Å²) in [6.07, 6.45) is 7.48. The predicted octanol–water partition coefficient (Wildman–Crippen LogP) is 3.66. The molecule has 1 amide bonds. The number of likely N-dealkylation sites (tertiary alicyclic amines) is 1. The van der Waals surface area contributed by atoms with Crippen LogP contribution in [0.3, 0.4) is 0 Å². The topological polar surface area (TPSA) is 36.4 Å². The van der Waals surface area contributed by atoms with Crippen molar-refractivity contribution in [1.82, 2.24) is 9.88 Å². The van der Waals surface area contributed by atoms with Gasteiger partial charge < -0.3 is 9.80 Å². The minimum Gasteiger partial charge on any atom is -0.351 e. The molecule has 1 fully saturated rings. The molecule has 0 unspecified atom stereocenters. The van der Waals surface area contributed by atoms with Gasteiger partial charge in [0.05, 0.1) is 5.56 Å². The molecule has 4 rings (SSSR count). The lowest BCUT2D eigenvalue weighted by Gasteiger charge is -2.31. The van der Waals surface area contributed by atoms with E-state index in [1.807, 2.05) is 17.0 Å². The quantitative estimate of drug-likeness (QED) is 0.840. The Balaban J connectivity index is 1.60. The lowest BCUT2D eigenvalue weighted by molar-refractivity contribution is 0.0762. The van der Waals surface area contributed by atoms with Gasteiger partial charge in [0.2, 0.25) is 0 Å². The molecule has 0 bridgehead atoms. The number of benzene rings is 1. The van der Waals surface area contributed by atoms with Crippen LogP contribution in [0.25, 0.3) is 0 Å². The van der Waals surface area contributed by atoms with Crippen LogP contribution in [-0.4, -0.2) is 35.4 Å². The van der Waals surface area contributed by atoms with Crippen molar-refractivity contribution < 1.29 is 4.79 Å². The number of carbonyl (C=O) groups excluding carboxylic acids is 1. The Bertz CT molecular complexity index is 750. The Labute approximate surface area is 149 Å². The normalized spacial score (nSPS) is 17.8. The maximum atomic E-state index is 13.1. The molecule has 2 aliphatic heterocycles. The monoisotopic (exact) mass is 335 g/mol. The molecule has 2 aliphatic rings. The molecule has 0 atom stereocenters. The third-order valence-electron chi connectivity index (χ3n) is 5.34. The maximum Gasteiger partial charge on any atom is 0.257 e. The zero-order valence-corrected chi connectivity index (χ0v) is 14.7. The summed E-state index contributed by atoms with van der Waals surface area (Å²) in [6.45, 7) is 3.48. The minimum absolute atomic E-state index is 0.142. The molecule has 0 radical (unpaired) electrons. The van der Waals surface area contributed by atoms with Crippen molar-refractivity contribution in [1.29, 1.82) is 0 Å². The van der Waals surface area contributed by atoms with Crippen LogP contribution in [0.15, 0.2) is 42.6 Å². The fourth-order valence-electron chi connectivity index (χ4n) is 3.94. The first-order chi connectivity index (χ1) is 12.3. The first-order valence-electron chi connectivity index (χ1n) is 9.39. The fourth-order valence-corrected chi connectivity index (χ4v) is 3.94. The molecule has 130 valence electrons. The number of anilines is 1. The van der Waals surface area contributed by atoms with Gasteiger partial charge >= 0.3 is 0 Å². The first kappa shape index (κ1) is 16.1. The fraction of sp³-hybridized carbons (Fsp3) is 0.429. The molecule has 4 heteroatoms. The molecule has 1 saturated heterocycles. The zero-order valence-electron chi connectivity index (χ0n) is 14.7. The molecule has 1 aromatic carbocycles. The summed E-state index contributed by atoms with van der Waals surface area (Å²) in [4.78, 5) is 22.0. The molecule has 3 heterocycles. The van der Waals surface area contributed by atoms with Gasteiger partial charge in [-0.1, -0.05) is 37.1 Å². The number of hydrogen-bond acceptors (Lipinski definition) is 3. The predicted molar refractivity (Wildman–Crippen MR) is 99.8 cm³/mol. The van der Waals surface area contributed by atoms with E-state index in [1.54, 1.807) is 6.20 Å². The molecular weight excluding hydrogens is 310 g/mol. The van der Waals surface area contributed by atoms with Crippen molar-refractivity contribution in [2.45, 2.75) is 38.6 Å². The molecule has 0 N–H and O–H groups in total. The number of amides is 1. The van der Waals surface area contributed by atoms with E-state index in [4.69, 9.17) is 0 Å². The smallest absolute Gasteiger partial charge is 0.257 e. The average Bonchev–Trinajstić information content (AvgIpc) is 2.96. The number of carbonyl (C=O) groups is 1. The van der Waals surface area contributed by atoms with Crippen LogP contribution in [0.2, 0.25) is 0 Å². The first-order valence-corrected chi connectivity index (χ1v) is 9.39. The Hall–Kier alpha value is -2.36. The van der Waals surface area contributed by atoms with Crippen LogP contribution in [0.1, 0.15) is 47.2 Å². The van der Waals surface area contributed by atoms with E-state index in [0.29, 0.717) is 0 Å². The van der Waals surface area contributed by atoms with Crippen molar-refractivity contribution in [3.05, 3.63) is 59.3 Å². The van der Waals surface area contributed by atoms with E-state index in [1.165, 1.54) is 24.0 Å². The Morgan fingerprint density at radius 1 is 0.880 bits per heavy atom. The number of aromatic nitrogens is 1.